The number of carboxylic acid groups (broad SMARTS) is 1. The van der Waals surface area contributed by atoms with Gasteiger partial charge in [0, 0.05) is 16.8 Å². The van der Waals surface area contributed by atoms with Gasteiger partial charge in [0.1, 0.15) is 5.75 Å². The molecular weight excluding hydrogens is 595 g/mol. The molecule has 0 aliphatic heterocycles. The Labute approximate surface area is 257 Å². The fourth-order valence-corrected chi connectivity index (χ4v) is 5.26. The van der Waals surface area contributed by atoms with Crippen LogP contribution in [0.1, 0.15) is 76.7 Å². The molecule has 3 amide bonds. The Balaban J connectivity index is 1.54. The molecule has 0 saturated heterocycles. The van der Waals surface area contributed by atoms with Crippen molar-refractivity contribution in [2.45, 2.75) is 63.1 Å². The van der Waals surface area contributed by atoms with Gasteiger partial charge in [0.05, 0.1) is 19.2 Å². The highest BCUT2D eigenvalue weighted by atomic mass is 19.4. The largest absolute Gasteiger partial charge is 0.573 e. The van der Waals surface area contributed by atoms with Crippen LogP contribution in [0.25, 0.3) is 0 Å². The molecule has 0 radical (unpaired) electrons. The van der Waals surface area contributed by atoms with Gasteiger partial charge in [0.25, 0.3) is 5.91 Å². The lowest BCUT2D eigenvalue weighted by Gasteiger charge is -2.24. The van der Waals surface area contributed by atoms with Gasteiger partial charge >= 0.3 is 18.4 Å². The van der Waals surface area contributed by atoms with Crippen molar-refractivity contribution in [2.75, 3.05) is 11.9 Å². The van der Waals surface area contributed by atoms with Gasteiger partial charge < -0.3 is 36.0 Å². The number of amides is 3. The smallest absolute Gasteiger partial charge is 0.479 e. The van der Waals surface area contributed by atoms with Crippen molar-refractivity contribution in [3.63, 3.8) is 0 Å². The van der Waals surface area contributed by atoms with Gasteiger partial charge in [-0.1, -0.05) is 55.7 Å². The van der Waals surface area contributed by atoms with Crippen molar-refractivity contribution >= 4 is 23.6 Å². The molecule has 240 valence electrons. The number of alkyl halides is 3. The van der Waals surface area contributed by atoms with Crippen LogP contribution in [0.4, 0.5) is 23.7 Å². The number of aliphatic hydroxyl groups is 2. The maximum absolute atomic E-state index is 13.1. The molecular formula is C32H34F3N3O7. The lowest BCUT2D eigenvalue weighted by Crippen LogP contribution is -2.36. The molecule has 3 aromatic rings. The minimum atomic E-state index is -4.95. The Morgan fingerprint density at radius 3 is 2.11 bits per heavy atom. The number of ether oxygens (including phenoxy) is 1. The summed E-state index contributed by atoms with van der Waals surface area (Å²) < 4.78 is 42.0. The molecule has 3 aromatic carbocycles. The lowest BCUT2D eigenvalue weighted by atomic mass is 9.83. The van der Waals surface area contributed by atoms with E-state index in [1.807, 2.05) is 24.3 Å². The predicted molar refractivity (Wildman–Crippen MR) is 158 cm³/mol. The second kappa shape index (κ2) is 14.9. The van der Waals surface area contributed by atoms with Crippen LogP contribution in [0.15, 0.2) is 66.7 Å². The third-order valence-electron chi connectivity index (χ3n) is 7.58. The Kier molecular flexibility index (Phi) is 11.0. The van der Waals surface area contributed by atoms with Crippen molar-refractivity contribution in [1.82, 2.24) is 10.6 Å². The average Bonchev–Trinajstić information content (AvgIpc) is 3.03. The summed E-state index contributed by atoms with van der Waals surface area (Å²) >= 11 is 0. The number of aliphatic carboxylic acids is 1. The average molecular weight is 630 g/mol. The number of carbonyl (C=O) groups is 3. The molecule has 10 nitrogen and oxygen atoms in total. The monoisotopic (exact) mass is 629 g/mol. The van der Waals surface area contributed by atoms with Gasteiger partial charge in [-0.05, 0) is 65.8 Å². The number of benzene rings is 3. The maximum Gasteiger partial charge on any atom is 0.573 e. The van der Waals surface area contributed by atoms with Crippen LogP contribution in [-0.2, 0) is 11.4 Å². The lowest BCUT2D eigenvalue weighted by molar-refractivity contribution is -0.275. The molecule has 1 fully saturated rings. The van der Waals surface area contributed by atoms with Crippen LogP contribution in [0.3, 0.4) is 0 Å². The van der Waals surface area contributed by atoms with Gasteiger partial charge in [-0.3, -0.25) is 4.79 Å². The molecule has 1 aliphatic rings. The molecule has 1 saturated carbocycles. The summed E-state index contributed by atoms with van der Waals surface area (Å²) in [5.41, 5.74) is 2.68. The number of aliphatic hydroxyl groups excluding tert-OH is 2. The van der Waals surface area contributed by atoms with Crippen LogP contribution >= 0.6 is 0 Å². The fourth-order valence-electron chi connectivity index (χ4n) is 5.26. The Hall–Kier alpha value is -4.62. The van der Waals surface area contributed by atoms with Crippen LogP contribution in [0, 0.1) is 0 Å². The van der Waals surface area contributed by atoms with Crippen LogP contribution in [0.5, 0.6) is 5.75 Å². The van der Waals surface area contributed by atoms with Crippen LogP contribution in [-0.4, -0.2) is 52.2 Å². The molecule has 2 atom stereocenters. The highest BCUT2D eigenvalue weighted by Crippen LogP contribution is 2.34. The van der Waals surface area contributed by atoms with E-state index in [9.17, 15) is 37.8 Å². The van der Waals surface area contributed by atoms with Crippen molar-refractivity contribution in [3.05, 3.63) is 94.5 Å². The van der Waals surface area contributed by atoms with E-state index in [0.29, 0.717) is 11.5 Å². The number of hydrogen-bond acceptors (Lipinski definition) is 6. The van der Waals surface area contributed by atoms with Crippen LogP contribution in [0.2, 0.25) is 0 Å². The summed E-state index contributed by atoms with van der Waals surface area (Å²) in [7, 11) is 0. The van der Waals surface area contributed by atoms with E-state index in [1.165, 1.54) is 49.1 Å². The number of rotatable bonds is 11. The third kappa shape index (κ3) is 9.43. The Bertz CT molecular complexity index is 1470. The fraction of sp³-hybridized carbons (Fsp3) is 0.344. The molecule has 0 spiro atoms. The van der Waals surface area contributed by atoms with E-state index < -0.39 is 55.3 Å². The van der Waals surface area contributed by atoms with E-state index in [1.54, 1.807) is 12.1 Å². The molecule has 4 rings (SSSR count). The Morgan fingerprint density at radius 2 is 1.53 bits per heavy atom. The number of halogens is 3. The van der Waals surface area contributed by atoms with Crippen LogP contribution < -0.4 is 20.7 Å². The topological polar surface area (TPSA) is 157 Å². The summed E-state index contributed by atoms with van der Waals surface area (Å²) in [6, 6.07) is 16.1. The normalized spacial score (nSPS) is 15.0. The molecule has 0 aromatic heterocycles. The van der Waals surface area contributed by atoms with Gasteiger partial charge in [-0.25, -0.2) is 9.59 Å². The summed E-state index contributed by atoms with van der Waals surface area (Å²) in [4.78, 5) is 36.4. The van der Waals surface area contributed by atoms with E-state index in [2.05, 4.69) is 20.7 Å². The van der Waals surface area contributed by atoms with Gasteiger partial charge in [-0.2, -0.15) is 0 Å². The first-order chi connectivity index (χ1) is 21.4. The number of anilines is 1. The highest BCUT2D eigenvalue weighted by molar-refractivity contribution is 5.94. The molecule has 6 N–H and O–H groups in total. The first-order valence-corrected chi connectivity index (χ1v) is 14.4. The zero-order chi connectivity index (χ0) is 32.6. The number of urea groups is 1. The predicted octanol–water partition coefficient (Wildman–Crippen LogP) is 5.21. The minimum Gasteiger partial charge on any atom is -0.479 e. The first kappa shape index (κ1) is 33.3. The second-order valence-corrected chi connectivity index (χ2v) is 10.7. The summed E-state index contributed by atoms with van der Waals surface area (Å²) in [5.74, 6) is -2.19. The molecule has 1 unspecified atom stereocenters. The van der Waals surface area contributed by atoms with Gasteiger partial charge in [-0.15, -0.1) is 13.2 Å². The Morgan fingerprint density at radius 1 is 0.911 bits per heavy atom. The summed E-state index contributed by atoms with van der Waals surface area (Å²) in [6.45, 7) is -1.23. The van der Waals surface area contributed by atoms with Crippen molar-refractivity contribution in [2.24, 2.45) is 0 Å². The molecule has 13 heteroatoms. The van der Waals surface area contributed by atoms with Crippen molar-refractivity contribution < 1.29 is 47.6 Å². The molecule has 0 heterocycles. The molecule has 1 aliphatic carbocycles. The number of hydrogen-bond donors (Lipinski definition) is 6. The maximum atomic E-state index is 13.1. The molecule has 45 heavy (non-hydrogen) atoms. The van der Waals surface area contributed by atoms with E-state index >= 15 is 0 Å². The van der Waals surface area contributed by atoms with Crippen molar-refractivity contribution in [3.8, 4) is 5.75 Å². The van der Waals surface area contributed by atoms with E-state index in [4.69, 9.17) is 5.11 Å². The highest BCUT2D eigenvalue weighted by Gasteiger charge is 2.32. The SMILES string of the molecule is O=C(Nc1ccc(OC(F)(F)F)c(CO)c1)NC(c1ccc(C(=O)NC[C@@H](O)C(=O)O)cc1)c1ccc(C2CCCCC2)cc1. The quantitative estimate of drug-likeness (QED) is 0.170. The zero-order valence-electron chi connectivity index (χ0n) is 24.1. The van der Waals surface area contributed by atoms with E-state index in [-0.39, 0.29) is 16.8 Å². The number of carboxylic acids is 1. The summed E-state index contributed by atoms with van der Waals surface area (Å²) in [5, 5.41) is 35.5. The first-order valence-electron chi connectivity index (χ1n) is 14.4. The third-order valence-corrected chi connectivity index (χ3v) is 7.58. The number of carbonyl (C=O) groups excluding carboxylic acids is 2. The van der Waals surface area contributed by atoms with Crippen molar-refractivity contribution in [1.29, 1.82) is 0 Å². The van der Waals surface area contributed by atoms with Gasteiger partial charge in [0.2, 0.25) is 0 Å². The standard InChI is InChI=1S/C32H34F3N3O7/c33-32(34,35)45-27-15-14-25(16-24(27)18-39)37-31(44)38-28(21-8-6-20(7-9-21)19-4-2-1-3-5-19)22-10-12-23(13-11-22)29(41)36-17-26(40)30(42)43/h6-16,19,26,28,39-40H,1-5,17-18H2,(H,36,41)(H,42,43)(H2,37,38,44)/t26-,28?/m1/s1. The van der Waals surface area contributed by atoms with E-state index in [0.717, 1.165) is 24.5 Å². The van der Waals surface area contributed by atoms with Gasteiger partial charge in [0.15, 0.2) is 6.10 Å². The molecule has 0 bridgehead atoms. The zero-order valence-corrected chi connectivity index (χ0v) is 24.1. The minimum absolute atomic E-state index is 0.119. The second-order valence-electron chi connectivity index (χ2n) is 10.7. The number of nitrogens with one attached hydrogen (secondary N) is 3. The summed E-state index contributed by atoms with van der Waals surface area (Å²) in [6.07, 6.45) is -0.912.